The number of halogens is 1. The Morgan fingerprint density at radius 3 is 2.74 bits per heavy atom. The number of carbonyl (C=O) groups is 2. The number of benzene rings is 1. The van der Waals surface area contributed by atoms with E-state index in [0.717, 1.165) is 10.6 Å². The van der Waals surface area contributed by atoms with Crippen molar-refractivity contribution in [3.63, 3.8) is 0 Å². The molecule has 9 nitrogen and oxygen atoms in total. The molecule has 11 heteroatoms. The molecule has 0 spiro atoms. The first-order chi connectivity index (χ1) is 16.9. The van der Waals surface area contributed by atoms with Crippen LogP contribution < -0.4 is 10.6 Å². The summed E-state index contributed by atoms with van der Waals surface area (Å²) in [6, 6.07) is 8.94. The van der Waals surface area contributed by atoms with Gasteiger partial charge in [-0.15, -0.1) is 11.3 Å². The predicted octanol–water partition coefficient (Wildman–Crippen LogP) is 3.36. The van der Waals surface area contributed by atoms with Crippen LogP contribution in [-0.4, -0.2) is 55.8 Å². The SMILES string of the molecule is Cc1nc2nc(N[C@@H](C)c3cccnc3)nc(C(=O)N3CC(NC(=O)c4cccc(F)c4)C3)c2s1. The number of nitrogens with zero attached hydrogens (tertiary/aromatic N) is 5. The van der Waals surface area contributed by atoms with E-state index >= 15 is 0 Å². The number of aryl methyl sites for hydroxylation is 1. The number of anilines is 1. The quantitative estimate of drug-likeness (QED) is 0.425. The minimum Gasteiger partial charge on any atom is -0.348 e. The van der Waals surface area contributed by atoms with Gasteiger partial charge in [0, 0.05) is 31.0 Å². The molecule has 4 aromatic rings. The second-order valence-electron chi connectivity index (χ2n) is 8.32. The Morgan fingerprint density at radius 2 is 2.00 bits per heavy atom. The van der Waals surface area contributed by atoms with Gasteiger partial charge in [0.15, 0.2) is 11.3 Å². The molecule has 1 saturated heterocycles. The molecule has 0 unspecified atom stereocenters. The van der Waals surface area contributed by atoms with Gasteiger partial charge in [-0.2, -0.15) is 4.98 Å². The Bertz CT molecular complexity index is 1410. The molecule has 1 aromatic carbocycles. The molecule has 0 saturated carbocycles. The molecular formula is C24H22FN7O2S. The summed E-state index contributed by atoms with van der Waals surface area (Å²) in [4.78, 5) is 44.9. The normalized spacial score (nSPS) is 14.4. The van der Waals surface area contributed by atoms with Crippen molar-refractivity contribution in [2.45, 2.75) is 25.9 Å². The zero-order valence-corrected chi connectivity index (χ0v) is 19.8. The van der Waals surface area contributed by atoms with Gasteiger partial charge in [-0.05, 0) is 43.7 Å². The molecule has 178 valence electrons. The highest BCUT2D eigenvalue weighted by Crippen LogP contribution is 2.27. The molecular weight excluding hydrogens is 469 g/mol. The Kier molecular flexibility index (Phi) is 6.08. The molecule has 1 aliphatic heterocycles. The Balaban J connectivity index is 1.31. The first-order valence-corrected chi connectivity index (χ1v) is 11.9. The van der Waals surface area contributed by atoms with Crippen molar-refractivity contribution < 1.29 is 14.0 Å². The van der Waals surface area contributed by atoms with Crippen LogP contribution in [0.15, 0.2) is 48.8 Å². The van der Waals surface area contributed by atoms with Crippen molar-refractivity contribution in [2.75, 3.05) is 18.4 Å². The van der Waals surface area contributed by atoms with Crippen LogP contribution in [0.2, 0.25) is 0 Å². The molecule has 1 fully saturated rings. The Labute approximate surface area is 204 Å². The van der Waals surface area contributed by atoms with Crippen molar-refractivity contribution in [2.24, 2.45) is 0 Å². The van der Waals surface area contributed by atoms with Crippen LogP contribution >= 0.6 is 11.3 Å². The van der Waals surface area contributed by atoms with Crippen molar-refractivity contribution in [3.8, 4) is 0 Å². The largest absolute Gasteiger partial charge is 0.348 e. The van der Waals surface area contributed by atoms with E-state index in [9.17, 15) is 14.0 Å². The zero-order valence-electron chi connectivity index (χ0n) is 19.0. The molecule has 2 amide bonds. The molecule has 2 N–H and O–H groups in total. The van der Waals surface area contributed by atoms with Gasteiger partial charge in [-0.3, -0.25) is 14.6 Å². The molecule has 35 heavy (non-hydrogen) atoms. The van der Waals surface area contributed by atoms with E-state index in [0.29, 0.717) is 29.4 Å². The summed E-state index contributed by atoms with van der Waals surface area (Å²) in [5.74, 6) is -0.800. The Morgan fingerprint density at radius 1 is 1.17 bits per heavy atom. The van der Waals surface area contributed by atoms with E-state index < -0.39 is 5.82 Å². The fraction of sp³-hybridized carbons (Fsp3) is 0.250. The third kappa shape index (κ3) is 4.80. The van der Waals surface area contributed by atoms with Crippen LogP contribution in [0, 0.1) is 12.7 Å². The molecule has 4 heterocycles. The lowest BCUT2D eigenvalue weighted by atomic mass is 10.1. The van der Waals surface area contributed by atoms with Crippen molar-refractivity contribution in [1.29, 1.82) is 0 Å². The highest BCUT2D eigenvalue weighted by atomic mass is 32.1. The van der Waals surface area contributed by atoms with Gasteiger partial charge in [-0.1, -0.05) is 12.1 Å². The van der Waals surface area contributed by atoms with E-state index in [2.05, 4.69) is 30.6 Å². The minimum absolute atomic E-state index is 0.129. The number of hydrogen-bond donors (Lipinski definition) is 2. The van der Waals surface area contributed by atoms with E-state index in [1.807, 2.05) is 26.0 Å². The maximum absolute atomic E-state index is 13.4. The van der Waals surface area contributed by atoms with Crippen LogP contribution in [0.25, 0.3) is 10.3 Å². The second kappa shape index (κ2) is 9.34. The number of rotatable bonds is 6. The van der Waals surface area contributed by atoms with Crippen LogP contribution in [0.5, 0.6) is 0 Å². The van der Waals surface area contributed by atoms with E-state index in [-0.39, 0.29) is 35.2 Å². The van der Waals surface area contributed by atoms with Crippen molar-refractivity contribution >= 4 is 39.4 Å². The number of nitrogens with one attached hydrogen (secondary N) is 2. The average molecular weight is 492 g/mol. The van der Waals surface area contributed by atoms with Crippen LogP contribution in [0.4, 0.5) is 10.3 Å². The molecule has 0 radical (unpaired) electrons. The second-order valence-corrected chi connectivity index (χ2v) is 9.53. The van der Waals surface area contributed by atoms with Crippen molar-refractivity contribution in [3.05, 3.63) is 76.4 Å². The topological polar surface area (TPSA) is 113 Å². The first kappa shape index (κ1) is 22.8. The van der Waals surface area contributed by atoms with E-state index in [4.69, 9.17) is 0 Å². The summed E-state index contributed by atoms with van der Waals surface area (Å²) in [5.41, 5.74) is 1.93. The fourth-order valence-electron chi connectivity index (χ4n) is 3.83. The van der Waals surface area contributed by atoms with Crippen LogP contribution in [0.1, 0.15) is 44.4 Å². The van der Waals surface area contributed by atoms with Gasteiger partial charge in [0.1, 0.15) is 10.5 Å². The first-order valence-electron chi connectivity index (χ1n) is 11.0. The molecule has 3 aromatic heterocycles. The number of amides is 2. The number of aromatic nitrogens is 4. The average Bonchev–Trinajstić information content (AvgIpc) is 3.20. The number of pyridine rings is 1. The predicted molar refractivity (Wildman–Crippen MR) is 130 cm³/mol. The van der Waals surface area contributed by atoms with Gasteiger partial charge >= 0.3 is 0 Å². The third-order valence-corrected chi connectivity index (χ3v) is 6.65. The third-order valence-electron chi connectivity index (χ3n) is 5.68. The zero-order chi connectivity index (χ0) is 24.5. The number of carbonyl (C=O) groups excluding carboxylic acids is 2. The summed E-state index contributed by atoms with van der Waals surface area (Å²) in [5, 5.41) is 6.85. The highest BCUT2D eigenvalue weighted by Gasteiger charge is 2.34. The number of hydrogen-bond acceptors (Lipinski definition) is 8. The van der Waals surface area contributed by atoms with Gasteiger partial charge in [-0.25, -0.2) is 14.4 Å². The summed E-state index contributed by atoms with van der Waals surface area (Å²) < 4.78 is 14.0. The molecule has 1 atom stereocenters. The Hall–Kier alpha value is -3.99. The molecule has 1 aliphatic rings. The van der Waals surface area contributed by atoms with Gasteiger partial charge in [0.2, 0.25) is 5.95 Å². The van der Waals surface area contributed by atoms with E-state index in [1.54, 1.807) is 23.4 Å². The number of fused-ring (bicyclic) bond motifs is 1. The monoisotopic (exact) mass is 491 g/mol. The number of likely N-dealkylation sites (tertiary alicyclic amines) is 1. The summed E-state index contributed by atoms with van der Waals surface area (Å²) in [7, 11) is 0. The molecule has 5 rings (SSSR count). The summed E-state index contributed by atoms with van der Waals surface area (Å²) >= 11 is 1.37. The summed E-state index contributed by atoms with van der Waals surface area (Å²) in [6.07, 6.45) is 3.46. The van der Waals surface area contributed by atoms with Crippen LogP contribution in [0.3, 0.4) is 0 Å². The smallest absolute Gasteiger partial charge is 0.274 e. The van der Waals surface area contributed by atoms with Gasteiger partial charge < -0.3 is 15.5 Å². The molecule has 0 aliphatic carbocycles. The number of thiazole rings is 1. The minimum atomic E-state index is -0.474. The summed E-state index contributed by atoms with van der Waals surface area (Å²) in [6.45, 7) is 4.48. The lowest BCUT2D eigenvalue weighted by Crippen LogP contribution is -2.61. The molecule has 0 bridgehead atoms. The van der Waals surface area contributed by atoms with Crippen LogP contribution in [-0.2, 0) is 0 Å². The highest BCUT2D eigenvalue weighted by molar-refractivity contribution is 7.18. The van der Waals surface area contributed by atoms with E-state index in [1.165, 1.54) is 29.5 Å². The van der Waals surface area contributed by atoms with Crippen molar-refractivity contribution in [1.82, 2.24) is 30.2 Å². The fourth-order valence-corrected chi connectivity index (χ4v) is 4.67. The lowest BCUT2D eigenvalue weighted by molar-refractivity contribution is 0.0539. The lowest BCUT2D eigenvalue weighted by Gasteiger charge is -2.39. The maximum atomic E-state index is 13.4. The standard InChI is InChI=1S/C24H22FN7O2S/c1-13(16-6-4-8-26-10-16)27-24-30-19(20-21(31-24)28-14(2)35-20)23(34)32-11-18(12-32)29-22(33)15-5-3-7-17(25)9-15/h3-10,13,18H,11-12H2,1-2H3,(H,29,33)(H,27,30,31)/t13-/m0/s1. The van der Waals surface area contributed by atoms with Gasteiger partial charge in [0.05, 0.1) is 17.1 Å². The maximum Gasteiger partial charge on any atom is 0.274 e. The van der Waals surface area contributed by atoms with Gasteiger partial charge in [0.25, 0.3) is 11.8 Å².